The van der Waals surface area contributed by atoms with Crippen molar-refractivity contribution in [2.24, 2.45) is 0 Å². The number of nitrogen functional groups attached to an aromatic ring is 1. The lowest BCUT2D eigenvalue weighted by molar-refractivity contribution is 0.414. The Hall–Kier alpha value is -2.46. The topological polar surface area (TPSA) is 53.1 Å². The van der Waals surface area contributed by atoms with Crippen LogP contribution in [0.15, 0.2) is 54.6 Å². The zero-order chi connectivity index (χ0) is 14.8. The average molecular weight is 300 g/mol. The van der Waals surface area contributed by atoms with Crippen molar-refractivity contribution in [3.8, 4) is 22.7 Å². The van der Waals surface area contributed by atoms with Crippen LogP contribution in [0.1, 0.15) is 0 Å². The third-order valence-electron chi connectivity index (χ3n) is 3.18. The van der Waals surface area contributed by atoms with Crippen LogP contribution >= 0.6 is 11.6 Å². The maximum Gasteiger partial charge on any atom is 0.127 e. The van der Waals surface area contributed by atoms with Gasteiger partial charge in [0.2, 0.25) is 0 Å². The Labute approximate surface area is 127 Å². The third-order valence-corrected chi connectivity index (χ3v) is 3.51. The molecule has 106 valence electrons. The molecule has 1 heterocycles. The van der Waals surface area contributed by atoms with Gasteiger partial charge < -0.3 is 10.5 Å². The molecule has 0 aliphatic rings. The predicted octanol–water partition coefficient (Wildman–Crippen LogP) is 3.78. The minimum Gasteiger partial charge on any atom is -0.497 e. The first kappa shape index (κ1) is 13.5. The molecule has 2 N–H and O–H groups in total. The van der Waals surface area contributed by atoms with E-state index in [-0.39, 0.29) is 0 Å². The van der Waals surface area contributed by atoms with Crippen molar-refractivity contribution in [1.29, 1.82) is 0 Å². The second kappa shape index (κ2) is 5.50. The van der Waals surface area contributed by atoms with Gasteiger partial charge in [0, 0.05) is 17.7 Å². The van der Waals surface area contributed by atoms with Crippen molar-refractivity contribution in [1.82, 2.24) is 9.78 Å². The van der Waals surface area contributed by atoms with Crippen LogP contribution < -0.4 is 10.5 Å². The highest BCUT2D eigenvalue weighted by atomic mass is 35.5. The van der Waals surface area contributed by atoms with Crippen molar-refractivity contribution in [2.45, 2.75) is 0 Å². The summed E-state index contributed by atoms with van der Waals surface area (Å²) in [4.78, 5) is 0. The van der Waals surface area contributed by atoms with Gasteiger partial charge in [-0.05, 0) is 18.2 Å². The Morgan fingerprint density at radius 3 is 2.67 bits per heavy atom. The van der Waals surface area contributed by atoms with E-state index in [1.807, 2.05) is 48.5 Å². The van der Waals surface area contributed by atoms with E-state index in [0.29, 0.717) is 10.8 Å². The van der Waals surface area contributed by atoms with Crippen molar-refractivity contribution in [2.75, 3.05) is 12.8 Å². The molecule has 3 rings (SSSR count). The third kappa shape index (κ3) is 2.58. The second-order valence-corrected chi connectivity index (χ2v) is 4.95. The number of nitrogens with two attached hydrogens (primary N) is 1. The molecule has 0 fully saturated rings. The fourth-order valence-electron chi connectivity index (χ4n) is 2.15. The summed E-state index contributed by atoms with van der Waals surface area (Å²) < 4.78 is 6.89. The lowest BCUT2D eigenvalue weighted by Crippen LogP contribution is -2.01. The molecule has 0 amide bonds. The van der Waals surface area contributed by atoms with E-state index in [4.69, 9.17) is 22.1 Å². The highest BCUT2D eigenvalue weighted by Gasteiger charge is 2.11. The second-order valence-electron chi connectivity index (χ2n) is 4.55. The molecule has 0 unspecified atom stereocenters. The van der Waals surface area contributed by atoms with Crippen molar-refractivity contribution < 1.29 is 4.74 Å². The molecule has 0 aliphatic carbocycles. The van der Waals surface area contributed by atoms with Gasteiger partial charge in [-0.2, -0.15) is 5.10 Å². The zero-order valence-electron chi connectivity index (χ0n) is 11.5. The Bertz CT molecular complexity index is 783. The van der Waals surface area contributed by atoms with Crippen LogP contribution in [0.5, 0.6) is 5.75 Å². The summed E-state index contributed by atoms with van der Waals surface area (Å²) in [6.45, 7) is 0. The quantitative estimate of drug-likeness (QED) is 0.800. The Morgan fingerprint density at radius 2 is 1.90 bits per heavy atom. The predicted molar refractivity (Wildman–Crippen MR) is 85.0 cm³/mol. The number of methoxy groups -OCH3 is 1. The molecule has 0 aliphatic heterocycles. The molecule has 0 atom stereocenters. The molecular weight excluding hydrogens is 286 g/mol. The minimum atomic E-state index is 0.540. The van der Waals surface area contributed by atoms with Gasteiger partial charge in [0.15, 0.2) is 0 Å². The van der Waals surface area contributed by atoms with E-state index in [2.05, 4.69) is 5.10 Å². The fraction of sp³-hybridized carbons (Fsp3) is 0.0625. The number of anilines is 1. The average Bonchev–Trinajstić information content (AvgIpc) is 2.89. The smallest absolute Gasteiger partial charge is 0.127 e. The van der Waals surface area contributed by atoms with E-state index < -0.39 is 0 Å². The normalized spacial score (nSPS) is 10.6. The molecule has 3 aromatic rings. The Morgan fingerprint density at radius 1 is 1.10 bits per heavy atom. The number of hydrogen-bond donors (Lipinski definition) is 1. The molecule has 0 saturated carbocycles. The maximum atomic E-state index is 6.20. The number of benzene rings is 2. The summed E-state index contributed by atoms with van der Waals surface area (Å²) in [6, 6.07) is 16.9. The Kier molecular flexibility index (Phi) is 3.54. The largest absolute Gasteiger partial charge is 0.497 e. The molecule has 21 heavy (non-hydrogen) atoms. The van der Waals surface area contributed by atoms with Gasteiger partial charge in [-0.3, -0.25) is 0 Å². The molecule has 0 saturated heterocycles. The molecule has 1 aromatic heterocycles. The zero-order valence-corrected chi connectivity index (χ0v) is 12.2. The Balaban J connectivity index is 2.08. The first-order valence-electron chi connectivity index (χ1n) is 6.44. The van der Waals surface area contributed by atoms with Gasteiger partial charge in [0.25, 0.3) is 0 Å². The molecule has 5 heteroatoms. The summed E-state index contributed by atoms with van der Waals surface area (Å²) in [5, 5.41) is 5.18. The van der Waals surface area contributed by atoms with Gasteiger partial charge >= 0.3 is 0 Å². The van der Waals surface area contributed by atoms with Gasteiger partial charge in [0.05, 0.1) is 23.5 Å². The number of hydrogen-bond acceptors (Lipinski definition) is 3. The fourth-order valence-corrected chi connectivity index (χ4v) is 2.38. The SMILES string of the molecule is COc1cccc(-n2nc(-c3ccccc3Cl)cc2N)c1. The lowest BCUT2D eigenvalue weighted by atomic mass is 10.1. The molecule has 0 bridgehead atoms. The van der Waals surface area contributed by atoms with Crippen LogP contribution in [-0.2, 0) is 0 Å². The van der Waals surface area contributed by atoms with Crippen LogP contribution in [0.4, 0.5) is 5.82 Å². The van der Waals surface area contributed by atoms with Crippen molar-refractivity contribution >= 4 is 17.4 Å². The van der Waals surface area contributed by atoms with Crippen LogP contribution in [-0.4, -0.2) is 16.9 Å². The molecular formula is C16H14ClN3O. The molecule has 4 nitrogen and oxygen atoms in total. The standard InChI is InChI=1S/C16H14ClN3O/c1-21-12-6-4-5-11(9-12)20-16(18)10-15(19-20)13-7-2-3-8-14(13)17/h2-10H,18H2,1H3. The first-order chi connectivity index (χ1) is 10.2. The van der Waals surface area contributed by atoms with Gasteiger partial charge in [0.1, 0.15) is 11.6 Å². The first-order valence-corrected chi connectivity index (χ1v) is 6.81. The molecule has 2 aromatic carbocycles. The number of halogens is 1. The summed E-state index contributed by atoms with van der Waals surface area (Å²) in [7, 11) is 1.63. The summed E-state index contributed by atoms with van der Waals surface area (Å²) >= 11 is 6.20. The van der Waals surface area contributed by atoms with Gasteiger partial charge in [-0.1, -0.05) is 35.9 Å². The van der Waals surface area contributed by atoms with Crippen molar-refractivity contribution in [3.63, 3.8) is 0 Å². The van der Waals surface area contributed by atoms with Crippen molar-refractivity contribution in [3.05, 3.63) is 59.6 Å². The van der Waals surface area contributed by atoms with Crippen LogP contribution in [0.3, 0.4) is 0 Å². The highest BCUT2D eigenvalue weighted by Crippen LogP contribution is 2.29. The summed E-state index contributed by atoms with van der Waals surface area (Å²) in [6.07, 6.45) is 0. The maximum absolute atomic E-state index is 6.20. The number of rotatable bonds is 3. The lowest BCUT2D eigenvalue weighted by Gasteiger charge is -2.06. The van der Waals surface area contributed by atoms with E-state index in [1.54, 1.807) is 17.9 Å². The van der Waals surface area contributed by atoms with Crippen LogP contribution in [0, 0.1) is 0 Å². The highest BCUT2D eigenvalue weighted by molar-refractivity contribution is 6.33. The number of ether oxygens (including phenoxy) is 1. The van der Waals surface area contributed by atoms with E-state index in [0.717, 1.165) is 22.7 Å². The minimum absolute atomic E-state index is 0.540. The monoisotopic (exact) mass is 299 g/mol. The van der Waals surface area contributed by atoms with Crippen LogP contribution in [0.25, 0.3) is 16.9 Å². The summed E-state index contributed by atoms with van der Waals surface area (Å²) in [5.74, 6) is 1.29. The molecule has 0 radical (unpaired) electrons. The van der Waals surface area contributed by atoms with Crippen LogP contribution in [0.2, 0.25) is 5.02 Å². The number of nitrogens with zero attached hydrogens (tertiary/aromatic N) is 2. The number of aromatic nitrogens is 2. The van der Waals surface area contributed by atoms with E-state index in [1.165, 1.54) is 0 Å². The summed E-state index contributed by atoms with van der Waals surface area (Å²) in [5.41, 5.74) is 8.50. The van der Waals surface area contributed by atoms with E-state index in [9.17, 15) is 0 Å². The molecule has 0 spiro atoms. The van der Waals surface area contributed by atoms with Gasteiger partial charge in [-0.15, -0.1) is 0 Å². The van der Waals surface area contributed by atoms with E-state index >= 15 is 0 Å². The van der Waals surface area contributed by atoms with Gasteiger partial charge in [-0.25, -0.2) is 4.68 Å².